The number of nitrogens with one attached hydrogen (secondary N) is 3. The Morgan fingerprint density at radius 1 is 0.873 bits per heavy atom. The lowest BCUT2D eigenvalue weighted by Crippen LogP contribution is -2.55. The van der Waals surface area contributed by atoms with Gasteiger partial charge in [0.05, 0.1) is 18.8 Å². The Bertz CT molecular complexity index is 2080. The first-order valence-corrected chi connectivity index (χ1v) is 21.2. The van der Waals surface area contributed by atoms with Gasteiger partial charge >= 0.3 is 24.1 Å². The largest absolute Gasteiger partial charge is 0.467 e. The van der Waals surface area contributed by atoms with Gasteiger partial charge < -0.3 is 49.3 Å². The van der Waals surface area contributed by atoms with Crippen LogP contribution >= 0.6 is 0 Å². The minimum absolute atomic E-state index is 0.0801. The number of Topliss-reactive ketones (excluding diaryl/α,β-unsaturated/α-hetero) is 1. The Balaban J connectivity index is 1.28. The highest BCUT2D eigenvalue weighted by atomic mass is 16.7. The molecular weight excluding hydrogens is 813 g/mol. The van der Waals surface area contributed by atoms with E-state index < -0.39 is 72.3 Å². The summed E-state index contributed by atoms with van der Waals surface area (Å²) in [6, 6.07) is 19.9. The summed E-state index contributed by atoms with van der Waals surface area (Å²) in [7, 11) is 4.58. The number of benzene rings is 3. The Labute approximate surface area is 368 Å². The number of carbonyl (C=O) groups excluding carboxylic acids is 6. The van der Waals surface area contributed by atoms with Gasteiger partial charge in [-0.1, -0.05) is 89.2 Å². The number of hydrogen-bond donors (Lipinski definition) is 3. The average Bonchev–Trinajstić information content (AvgIpc) is 3.58. The topological polar surface area (TPSA) is 197 Å². The summed E-state index contributed by atoms with van der Waals surface area (Å²) in [4.78, 5) is 79.7. The highest BCUT2D eigenvalue weighted by molar-refractivity contribution is 5.98. The summed E-state index contributed by atoms with van der Waals surface area (Å²) in [5.41, 5.74) is 5.03. The van der Waals surface area contributed by atoms with Crippen molar-refractivity contribution < 1.29 is 57.2 Å². The lowest BCUT2D eigenvalue weighted by atomic mass is 9.84. The maximum atomic E-state index is 13.8. The van der Waals surface area contributed by atoms with Crippen LogP contribution in [0.4, 0.5) is 15.3 Å². The fourth-order valence-electron chi connectivity index (χ4n) is 7.74. The number of ketones is 1. The van der Waals surface area contributed by atoms with E-state index in [2.05, 4.69) is 16.0 Å². The summed E-state index contributed by atoms with van der Waals surface area (Å²) in [5, 5.41) is 8.57. The number of amides is 3. The number of esters is 2. The zero-order valence-electron chi connectivity index (χ0n) is 37.4. The highest BCUT2D eigenvalue weighted by Gasteiger charge is 2.48. The molecule has 3 N–H and O–H groups in total. The lowest BCUT2D eigenvalue weighted by molar-refractivity contribution is -0.243. The molecule has 0 spiro atoms. The average molecular weight is 873 g/mol. The third-order valence-electron chi connectivity index (χ3n) is 11.6. The van der Waals surface area contributed by atoms with Crippen molar-refractivity contribution >= 4 is 41.5 Å². The van der Waals surface area contributed by atoms with Crippen molar-refractivity contribution in [3.63, 3.8) is 0 Å². The standard InChI is InChI=1S/C47H60N4O12/c1-26(2)40(50-46(56)59-25-36-34-16-12-10-14-32(34)33-15-11-13-17-35(33)36)38(53)22-27(3)43(54)49-37-19-18-31(24-60-47(57)51(8)21-20-48-7)23-39(37)62-45-29(5)28(4)41(61-30(6)52)42(63-45)44(55)58-9/h10-19,23,26-29,36,40-42,45,48H,20-22,24-25H2,1-9H3,(H,49,54)(H,50,56)/t27-,28-,29-,40+,41+,42+,45-/m1/s1. The van der Waals surface area contributed by atoms with Crippen molar-refractivity contribution in [3.8, 4) is 16.9 Å². The fourth-order valence-corrected chi connectivity index (χ4v) is 7.74. The number of ether oxygens (including phenoxy) is 6. The maximum absolute atomic E-state index is 13.8. The molecule has 16 heteroatoms. The molecule has 1 aliphatic heterocycles. The molecule has 16 nitrogen and oxygen atoms in total. The Kier molecular flexibility index (Phi) is 16.7. The van der Waals surface area contributed by atoms with Crippen LogP contribution in [0.1, 0.15) is 70.6 Å². The number of nitrogens with zero attached hydrogens (tertiary/aromatic N) is 1. The van der Waals surface area contributed by atoms with Gasteiger partial charge in [0.15, 0.2) is 11.9 Å². The number of hydrogen-bond acceptors (Lipinski definition) is 13. The molecule has 0 unspecified atom stereocenters. The number of likely N-dealkylation sites (N-methyl/N-ethyl adjacent to an activating group) is 2. The van der Waals surface area contributed by atoms with E-state index in [1.807, 2.05) is 48.5 Å². The van der Waals surface area contributed by atoms with Gasteiger partial charge in [0, 0.05) is 57.2 Å². The van der Waals surface area contributed by atoms with Gasteiger partial charge in [-0.15, -0.1) is 0 Å². The highest BCUT2D eigenvalue weighted by Crippen LogP contribution is 2.44. The first-order chi connectivity index (χ1) is 30.0. The molecule has 3 amide bonds. The first-order valence-electron chi connectivity index (χ1n) is 21.2. The molecule has 0 radical (unpaired) electrons. The molecule has 340 valence electrons. The SMILES string of the molecule is CNCCN(C)C(=O)OCc1ccc(NC(=O)[C@H](C)CC(=O)[C@@H](NC(=O)OCC2c3ccccc3-c3ccccc32)C(C)C)c(O[C@@H]2O[C@H](C(=O)OC)[C@@H](OC(C)=O)[C@H](C)[C@H]2C)c1. The van der Waals surface area contributed by atoms with Crippen molar-refractivity contribution in [3.05, 3.63) is 83.4 Å². The third kappa shape index (κ3) is 11.9. The molecule has 3 aromatic rings. The summed E-state index contributed by atoms with van der Waals surface area (Å²) in [6.45, 7) is 11.0. The van der Waals surface area contributed by atoms with Gasteiger partial charge in [0.2, 0.25) is 12.2 Å². The van der Waals surface area contributed by atoms with Gasteiger partial charge in [-0.2, -0.15) is 0 Å². The molecular formula is C47H60N4O12. The van der Waals surface area contributed by atoms with Crippen LogP contribution < -0.4 is 20.7 Å². The third-order valence-corrected chi connectivity index (χ3v) is 11.6. The number of anilines is 1. The van der Waals surface area contributed by atoms with E-state index in [1.165, 1.54) is 18.9 Å². The number of alkyl carbamates (subject to hydrolysis) is 1. The molecule has 5 rings (SSSR count). The summed E-state index contributed by atoms with van der Waals surface area (Å²) in [5.74, 6) is -4.33. The molecule has 1 aliphatic carbocycles. The summed E-state index contributed by atoms with van der Waals surface area (Å²) >= 11 is 0. The number of fused-ring (bicyclic) bond motifs is 3. The zero-order chi connectivity index (χ0) is 46.0. The second-order valence-electron chi connectivity index (χ2n) is 16.5. The second kappa shape index (κ2) is 21.9. The molecule has 1 fully saturated rings. The summed E-state index contributed by atoms with van der Waals surface area (Å²) < 4.78 is 34.2. The Morgan fingerprint density at radius 3 is 2.13 bits per heavy atom. The quantitative estimate of drug-likeness (QED) is 0.0988. The molecule has 63 heavy (non-hydrogen) atoms. The molecule has 0 saturated carbocycles. The van der Waals surface area contributed by atoms with Crippen LogP contribution in [0, 0.1) is 23.7 Å². The van der Waals surface area contributed by atoms with Gasteiger partial charge in [-0.3, -0.25) is 14.4 Å². The van der Waals surface area contributed by atoms with Crippen molar-refractivity contribution in [2.75, 3.05) is 46.2 Å². The number of methoxy groups -OCH3 is 1. The van der Waals surface area contributed by atoms with E-state index in [4.69, 9.17) is 28.4 Å². The molecule has 0 bridgehead atoms. The van der Waals surface area contributed by atoms with E-state index in [1.54, 1.807) is 66.9 Å². The number of rotatable bonds is 18. The van der Waals surface area contributed by atoms with E-state index in [0.717, 1.165) is 22.3 Å². The predicted octanol–water partition coefficient (Wildman–Crippen LogP) is 6.05. The van der Waals surface area contributed by atoms with Crippen LogP contribution in [0.2, 0.25) is 0 Å². The van der Waals surface area contributed by atoms with Crippen molar-refractivity contribution in [2.45, 2.75) is 85.0 Å². The predicted molar refractivity (Wildman–Crippen MR) is 233 cm³/mol. The maximum Gasteiger partial charge on any atom is 0.409 e. The Morgan fingerprint density at radius 2 is 1.52 bits per heavy atom. The lowest BCUT2D eigenvalue weighted by Gasteiger charge is -2.42. The fraction of sp³-hybridized carbons (Fsp3) is 0.489. The van der Waals surface area contributed by atoms with E-state index >= 15 is 0 Å². The van der Waals surface area contributed by atoms with E-state index in [-0.39, 0.29) is 48.7 Å². The molecule has 1 saturated heterocycles. The van der Waals surface area contributed by atoms with Crippen LogP contribution in [0.15, 0.2) is 66.7 Å². The molecule has 3 aromatic carbocycles. The van der Waals surface area contributed by atoms with Gasteiger partial charge in [-0.25, -0.2) is 14.4 Å². The van der Waals surface area contributed by atoms with Gasteiger partial charge in [-0.05, 0) is 52.9 Å². The van der Waals surface area contributed by atoms with Gasteiger partial charge in [0.1, 0.15) is 25.1 Å². The molecule has 1 heterocycles. The van der Waals surface area contributed by atoms with Gasteiger partial charge in [0.25, 0.3) is 0 Å². The van der Waals surface area contributed by atoms with E-state index in [0.29, 0.717) is 18.7 Å². The Hall–Kier alpha value is -6.00. The van der Waals surface area contributed by atoms with Crippen molar-refractivity contribution in [2.24, 2.45) is 23.7 Å². The van der Waals surface area contributed by atoms with Crippen LogP contribution in [0.25, 0.3) is 11.1 Å². The molecule has 7 atom stereocenters. The van der Waals surface area contributed by atoms with Crippen LogP contribution in [-0.4, -0.2) is 106 Å². The normalized spacial score (nSPS) is 20.0. The van der Waals surface area contributed by atoms with Crippen LogP contribution in [0.5, 0.6) is 5.75 Å². The van der Waals surface area contributed by atoms with Crippen LogP contribution in [-0.2, 0) is 49.5 Å². The summed E-state index contributed by atoms with van der Waals surface area (Å²) in [6.07, 6.45) is -4.85. The smallest absolute Gasteiger partial charge is 0.409 e. The van der Waals surface area contributed by atoms with E-state index in [9.17, 15) is 28.8 Å². The number of carbonyl (C=O) groups is 6. The van der Waals surface area contributed by atoms with Crippen molar-refractivity contribution in [1.82, 2.24) is 15.5 Å². The van der Waals surface area contributed by atoms with Crippen molar-refractivity contribution in [1.29, 1.82) is 0 Å². The second-order valence-corrected chi connectivity index (χ2v) is 16.5. The monoisotopic (exact) mass is 872 g/mol. The van der Waals surface area contributed by atoms with Crippen LogP contribution in [0.3, 0.4) is 0 Å². The molecule has 2 aliphatic rings. The first kappa shape index (κ1) is 48.0. The molecule has 0 aromatic heterocycles. The zero-order valence-corrected chi connectivity index (χ0v) is 37.4. The minimum atomic E-state index is -1.31. The minimum Gasteiger partial charge on any atom is -0.467 e.